The van der Waals surface area contributed by atoms with E-state index in [1.807, 2.05) is 6.08 Å². The zero-order chi connectivity index (χ0) is 22.3. The van der Waals surface area contributed by atoms with Crippen LogP contribution in [-0.2, 0) is 4.79 Å². The lowest BCUT2D eigenvalue weighted by Crippen LogP contribution is -2.72. The van der Waals surface area contributed by atoms with Crippen LogP contribution in [0.5, 0.6) is 0 Å². The SMILES string of the molecule is C[C@]12CCC(=O)C=C1CC[C@@H]1[C@@H]2[C@@H](O)C[C@@]2(C)[C@H]1CC[C@]2(O)C1CN[C@@H]2CCCC[C@H]2N1. The Morgan fingerprint density at radius 2 is 1.81 bits per heavy atom. The molecule has 10 atom stereocenters. The van der Waals surface area contributed by atoms with Crippen LogP contribution in [0.1, 0.15) is 84.5 Å². The average Bonchev–Trinajstić information content (AvgIpc) is 3.05. The lowest BCUT2D eigenvalue weighted by molar-refractivity contribution is -0.183. The third-order valence-corrected chi connectivity index (χ3v) is 11.5. The van der Waals surface area contributed by atoms with Crippen molar-refractivity contribution < 1.29 is 15.0 Å². The van der Waals surface area contributed by atoms with Crippen molar-refractivity contribution in [1.82, 2.24) is 10.6 Å². The fourth-order valence-corrected chi connectivity index (χ4v) is 9.77. The average molecular weight is 443 g/mol. The second-order valence-corrected chi connectivity index (χ2v) is 12.7. The summed E-state index contributed by atoms with van der Waals surface area (Å²) in [5, 5.41) is 31.7. The molecule has 6 rings (SSSR count). The number of carbonyl (C=O) groups excluding carboxylic acids is 1. The maximum absolute atomic E-state index is 12.3. The molecule has 5 fully saturated rings. The van der Waals surface area contributed by atoms with Gasteiger partial charge in [0.05, 0.1) is 11.7 Å². The molecule has 0 bridgehead atoms. The highest BCUT2D eigenvalue weighted by molar-refractivity contribution is 5.91. The van der Waals surface area contributed by atoms with E-state index in [9.17, 15) is 15.0 Å². The largest absolute Gasteiger partial charge is 0.393 e. The van der Waals surface area contributed by atoms with E-state index in [0.29, 0.717) is 36.8 Å². The Morgan fingerprint density at radius 3 is 2.62 bits per heavy atom. The Labute approximate surface area is 192 Å². The fraction of sp³-hybridized carbons (Fsp3) is 0.889. The minimum Gasteiger partial charge on any atom is -0.393 e. The van der Waals surface area contributed by atoms with E-state index in [-0.39, 0.29) is 28.6 Å². The number of carbonyl (C=O) groups is 1. The molecule has 178 valence electrons. The van der Waals surface area contributed by atoms with E-state index in [1.165, 1.54) is 31.3 Å². The van der Waals surface area contributed by atoms with Gasteiger partial charge in [0.15, 0.2) is 5.78 Å². The van der Waals surface area contributed by atoms with Gasteiger partial charge in [-0.25, -0.2) is 0 Å². The molecule has 0 aromatic rings. The lowest BCUT2D eigenvalue weighted by Gasteiger charge is -2.62. The Kier molecular flexibility index (Phi) is 5.01. The van der Waals surface area contributed by atoms with Crippen molar-refractivity contribution in [2.24, 2.45) is 28.6 Å². The Bertz CT molecular complexity index is 828. The molecule has 6 aliphatic rings. The van der Waals surface area contributed by atoms with Crippen LogP contribution < -0.4 is 10.6 Å². The molecule has 0 amide bonds. The molecule has 4 N–H and O–H groups in total. The number of ketones is 1. The number of hydrogen-bond acceptors (Lipinski definition) is 5. The molecule has 1 aliphatic heterocycles. The molecule has 0 aromatic carbocycles. The molecule has 1 unspecified atom stereocenters. The molecule has 5 heteroatoms. The van der Waals surface area contributed by atoms with Crippen LogP contribution in [0.4, 0.5) is 0 Å². The van der Waals surface area contributed by atoms with Gasteiger partial charge in [0, 0.05) is 36.5 Å². The Hall–Kier alpha value is -0.750. The highest BCUT2D eigenvalue weighted by Gasteiger charge is 2.68. The number of aliphatic hydroxyl groups excluding tert-OH is 1. The van der Waals surface area contributed by atoms with Crippen molar-refractivity contribution in [3.63, 3.8) is 0 Å². The van der Waals surface area contributed by atoms with Gasteiger partial charge in [-0.15, -0.1) is 0 Å². The predicted octanol–water partition coefficient (Wildman–Crippen LogP) is 3.09. The van der Waals surface area contributed by atoms with Crippen molar-refractivity contribution in [2.75, 3.05) is 6.54 Å². The highest BCUT2D eigenvalue weighted by atomic mass is 16.3. The van der Waals surface area contributed by atoms with Gasteiger partial charge in [-0.2, -0.15) is 0 Å². The molecule has 5 nitrogen and oxygen atoms in total. The van der Waals surface area contributed by atoms with Crippen LogP contribution >= 0.6 is 0 Å². The van der Waals surface area contributed by atoms with Gasteiger partial charge in [0.1, 0.15) is 0 Å². The summed E-state index contributed by atoms with van der Waals surface area (Å²) in [5.41, 5.74) is 0.181. The van der Waals surface area contributed by atoms with Crippen molar-refractivity contribution in [3.05, 3.63) is 11.6 Å². The number of fused-ring (bicyclic) bond motifs is 6. The van der Waals surface area contributed by atoms with E-state index in [1.54, 1.807) is 0 Å². The molecule has 4 saturated carbocycles. The first-order valence-corrected chi connectivity index (χ1v) is 13.4. The van der Waals surface area contributed by atoms with Crippen LogP contribution in [-0.4, -0.2) is 52.4 Å². The standard InChI is InChI=1S/C27H42N2O3/c1-25-11-9-17(30)13-16(25)7-8-18-19-10-12-27(32,26(19,2)14-22(31)24(18)25)23-15-28-20-5-3-4-6-21(20)29-23/h13,18-24,28-29,31-32H,3-12,14-15H2,1-2H3/t18-,19-,20+,21+,22-,23?,24+,25-,26-,27-/m0/s1. The van der Waals surface area contributed by atoms with Crippen LogP contribution in [0.15, 0.2) is 11.6 Å². The number of rotatable bonds is 1. The molecule has 0 spiro atoms. The first-order valence-electron chi connectivity index (χ1n) is 13.4. The molecular formula is C27H42N2O3. The van der Waals surface area contributed by atoms with E-state index in [2.05, 4.69) is 24.5 Å². The number of aliphatic hydroxyl groups is 2. The Balaban J connectivity index is 1.29. The van der Waals surface area contributed by atoms with E-state index >= 15 is 0 Å². The Morgan fingerprint density at radius 1 is 1.03 bits per heavy atom. The monoisotopic (exact) mass is 442 g/mol. The molecule has 32 heavy (non-hydrogen) atoms. The minimum absolute atomic E-state index is 0.0573. The predicted molar refractivity (Wildman–Crippen MR) is 124 cm³/mol. The normalized spacial score (nSPS) is 55.3. The van der Waals surface area contributed by atoms with Gasteiger partial charge in [0.25, 0.3) is 0 Å². The molecule has 1 heterocycles. The molecule has 0 radical (unpaired) electrons. The molecule has 0 aromatic heterocycles. The number of hydrogen-bond donors (Lipinski definition) is 4. The van der Waals surface area contributed by atoms with Crippen molar-refractivity contribution in [1.29, 1.82) is 0 Å². The third kappa shape index (κ3) is 2.87. The minimum atomic E-state index is -0.779. The first kappa shape index (κ1) is 21.8. The topological polar surface area (TPSA) is 81.6 Å². The fourth-order valence-electron chi connectivity index (χ4n) is 9.77. The van der Waals surface area contributed by atoms with E-state index in [0.717, 1.165) is 38.6 Å². The van der Waals surface area contributed by atoms with Crippen molar-refractivity contribution in [2.45, 2.75) is 114 Å². The molecule has 5 aliphatic carbocycles. The summed E-state index contributed by atoms with van der Waals surface area (Å²) in [5.74, 6) is 1.37. The van der Waals surface area contributed by atoms with Gasteiger partial charge in [-0.3, -0.25) is 4.79 Å². The van der Waals surface area contributed by atoms with Crippen molar-refractivity contribution >= 4 is 5.78 Å². The summed E-state index contributed by atoms with van der Waals surface area (Å²) >= 11 is 0. The summed E-state index contributed by atoms with van der Waals surface area (Å²) in [6.45, 7) is 5.43. The second kappa shape index (κ2) is 7.37. The van der Waals surface area contributed by atoms with Gasteiger partial charge < -0.3 is 20.8 Å². The molecule has 1 saturated heterocycles. The summed E-state index contributed by atoms with van der Waals surface area (Å²) in [6, 6.07) is 1.08. The van der Waals surface area contributed by atoms with Gasteiger partial charge in [0.2, 0.25) is 0 Å². The van der Waals surface area contributed by atoms with Gasteiger partial charge >= 0.3 is 0 Å². The summed E-state index contributed by atoms with van der Waals surface area (Å²) in [6.07, 6.45) is 12.6. The van der Waals surface area contributed by atoms with Crippen LogP contribution in [0.2, 0.25) is 0 Å². The molecular weight excluding hydrogens is 400 g/mol. The van der Waals surface area contributed by atoms with E-state index < -0.39 is 11.7 Å². The second-order valence-electron chi connectivity index (χ2n) is 12.7. The van der Waals surface area contributed by atoms with Gasteiger partial charge in [-0.05, 0) is 80.6 Å². The number of allylic oxidation sites excluding steroid dienone is 1. The highest BCUT2D eigenvalue weighted by Crippen LogP contribution is 2.68. The maximum atomic E-state index is 12.3. The van der Waals surface area contributed by atoms with Gasteiger partial charge in [-0.1, -0.05) is 32.3 Å². The first-order chi connectivity index (χ1) is 15.3. The lowest BCUT2D eigenvalue weighted by atomic mass is 9.45. The summed E-state index contributed by atoms with van der Waals surface area (Å²) in [7, 11) is 0. The van der Waals surface area contributed by atoms with Crippen LogP contribution in [0, 0.1) is 28.6 Å². The van der Waals surface area contributed by atoms with E-state index in [4.69, 9.17) is 0 Å². The van der Waals surface area contributed by atoms with Crippen LogP contribution in [0.25, 0.3) is 0 Å². The quantitative estimate of drug-likeness (QED) is 0.502. The smallest absolute Gasteiger partial charge is 0.155 e. The zero-order valence-electron chi connectivity index (χ0n) is 19.9. The summed E-state index contributed by atoms with van der Waals surface area (Å²) < 4.78 is 0. The number of piperazine rings is 1. The van der Waals surface area contributed by atoms with Crippen LogP contribution in [0.3, 0.4) is 0 Å². The zero-order valence-corrected chi connectivity index (χ0v) is 19.9. The third-order valence-electron chi connectivity index (χ3n) is 11.5. The maximum Gasteiger partial charge on any atom is 0.155 e. The number of nitrogens with one attached hydrogen (secondary N) is 2. The summed E-state index contributed by atoms with van der Waals surface area (Å²) in [4.78, 5) is 12.1. The van der Waals surface area contributed by atoms with Crippen molar-refractivity contribution in [3.8, 4) is 0 Å².